The summed E-state index contributed by atoms with van der Waals surface area (Å²) in [5.74, 6) is -1.58. The van der Waals surface area contributed by atoms with E-state index in [1.165, 1.54) is 43.3 Å². The maximum atomic E-state index is 12.9. The molecule has 1 atom stereocenters. The number of halogens is 1. The number of benzene rings is 2. The van der Waals surface area contributed by atoms with Gasteiger partial charge in [-0.15, -0.1) is 0 Å². The second-order valence-electron chi connectivity index (χ2n) is 4.99. The van der Waals surface area contributed by atoms with Crippen molar-refractivity contribution in [3.05, 3.63) is 65.5 Å². The van der Waals surface area contributed by atoms with Crippen molar-refractivity contribution in [2.45, 2.75) is 13.0 Å². The zero-order valence-electron chi connectivity index (χ0n) is 12.8. The second-order valence-corrected chi connectivity index (χ2v) is 4.99. The Morgan fingerprint density at radius 1 is 1.00 bits per heavy atom. The fraction of sp³-hybridized carbons (Fsp3) is 0.118. The standard InChI is InChI=1S/C17H15FN2O4/c1-10(15(21)11-2-6-13(18)7-3-11)24-16(22)12-4-8-14(9-5-12)20-17(19)23/h2-10H,1H3,(H3,19,20,23). The molecule has 24 heavy (non-hydrogen) atoms. The Bertz CT molecular complexity index is 757. The number of Topliss-reactive ketones (excluding diaryl/α,β-unsaturated/α-hetero) is 1. The first kappa shape index (κ1) is 17.1. The van der Waals surface area contributed by atoms with Crippen molar-refractivity contribution in [2.75, 3.05) is 5.32 Å². The van der Waals surface area contributed by atoms with Crippen LogP contribution in [0.4, 0.5) is 14.9 Å². The number of nitrogens with two attached hydrogens (primary N) is 1. The van der Waals surface area contributed by atoms with Crippen molar-refractivity contribution in [3.8, 4) is 0 Å². The average Bonchev–Trinajstić information content (AvgIpc) is 2.55. The number of carbonyl (C=O) groups is 3. The van der Waals surface area contributed by atoms with E-state index in [1.54, 1.807) is 0 Å². The molecule has 6 nitrogen and oxygen atoms in total. The minimum atomic E-state index is -1.02. The fourth-order valence-electron chi connectivity index (χ4n) is 1.96. The van der Waals surface area contributed by atoms with E-state index in [1.807, 2.05) is 0 Å². The van der Waals surface area contributed by atoms with Crippen LogP contribution in [-0.2, 0) is 4.74 Å². The summed E-state index contributed by atoms with van der Waals surface area (Å²) in [6.07, 6.45) is -1.02. The number of primary amides is 1. The van der Waals surface area contributed by atoms with Crippen molar-refractivity contribution in [2.24, 2.45) is 5.73 Å². The number of ketones is 1. The first-order valence-corrected chi connectivity index (χ1v) is 7.04. The lowest BCUT2D eigenvalue weighted by atomic mass is 10.1. The number of urea groups is 1. The molecule has 2 aromatic rings. The molecule has 0 radical (unpaired) electrons. The van der Waals surface area contributed by atoms with Crippen LogP contribution in [0.2, 0.25) is 0 Å². The zero-order chi connectivity index (χ0) is 17.7. The van der Waals surface area contributed by atoms with Crippen molar-refractivity contribution >= 4 is 23.5 Å². The molecule has 0 saturated heterocycles. The Morgan fingerprint density at radius 2 is 1.54 bits per heavy atom. The second kappa shape index (κ2) is 7.36. The molecule has 2 amide bonds. The summed E-state index contributed by atoms with van der Waals surface area (Å²) in [6.45, 7) is 1.44. The summed E-state index contributed by atoms with van der Waals surface area (Å²) in [7, 11) is 0. The topological polar surface area (TPSA) is 98.5 Å². The Morgan fingerprint density at radius 3 is 2.08 bits per heavy atom. The van der Waals surface area contributed by atoms with E-state index in [4.69, 9.17) is 10.5 Å². The van der Waals surface area contributed by atoms with E-state index in [0.717, 1.165) is 12.1 Å². The number of nitrogens with one attached hydrogen (secondary N) is 1. The van der Waals surface area contributed by atoms with Crippen molar-refractivity contribution < 1.29 is 23.5 Å². The van der Waals surface area contributed by atoms with Crippen LogP contribution in [0.3, 0.4) is 0 Å². The number of ether oxygens (including phenoxy) is 1. The van der Waals surface area contributed by atoms with Gasteiger partial charge in [-0.05, 0) is 55.5 Å². The van der Waals surface area contributed by atoms with Crippen LogP contribution < -0.4 is 11.1 Å². The third-order valence-corrected chi connectivity index (χ3v) is 3.17. The summed E-state index contributed by atoms with van der Waals surface area (Å²) < 4.78 is 18.0. The van der Waals surface area contributed by atoms with Gasteiger partial charge in [-0.3, -0.25) is 4.79 Å². The summed E-state index contributed by atoms with van der Waals surface area (Å²) >= 11 is 0. The summed E-state index contributed by atoms with van der Waals surface area (Å²) in [5, 5.41) is 2.36. The normalized spacial score (nSPS) is 11.4. The molecular formula is C17H15FN2O4. The molecule has 0 heterocycles. The maximum absolute atomic E-state index is 12.9. The molecule has 0 aliphatic carbocycles. The number of carbonyl (C=O) groups excluding carboxylic acids is 3. The van der Waals surface area contributed by atoms with Gasteiger partial charge < -0.3 is 15.8 Å². The Kier molecular flexibility index (Phi) is 5.26. The van der Waals surface area contributed by atoms with Gasteiger partial charge in [-0.1, -0.05) is 0 Å². The molecule has 7 heteroatoms. The van der Waals surface area contributed by atoms with Gasteiger partial charge in [0.1, 0.15) is 5.82 Å². The number of rotatable bonds is 5. The minimum absolute atomic E-state index is 0.212. The van der Waals surface area contributed by atoms with Crippen LogP contribution in [0.5, 0.6) is 0 Å². The minimum Gasteiger partial charge on any atom is -0.451 e. The highest BCUT2D eigenvalue weighted by Crippen LogP contribution is 2.13. The Labute approximate surface area is 137 Å². The molecular weight excluding hydrogens is 315 g/mol. The first-order chi connectivity index (χ1) is 11.4. The highest BCUT2D eigenvalue weighted by Gasteiger charge is 2.20. The summed E-state index contributed by atoms with van der Waals surface area (Å²) in [6, 6.07) is 10.1. The van der Waals surface area contributed by atoms with E-state index in [-0.39, 0.29) is 11.1 Å². The van der Waals surface area contributed by atoms with E-state index < -0.39 is 29.7 Å². The zero-order valence-corrected chi connectivity index (χ0v) is 12.8. The number of hydrogen-bond acceptors (Lipinski definition) is 4. The van der Waals surface area contributed by atoms with Crippen molar-refractivity contribution in [1.29, 1.82) is 0 Å². The monoisotopic (exact) mass is 330 g/mol. The van der Waals surface area contributed by atoms with E-state index in [2.05, 4.69) is 5.32 Å². The van der Waals surface area contributed by atoms with Crippen LogP contribution in [0.1, 0.15) is 27.6 Å². The molecule has 1 unspecified atom stereocenters. The van der Waals surface area contributed by atoms with E-state index in [9.17, 15) is 18.8 Å². The fourth-order valence-corrected chi connectivity index (χ4v) is 1.96. The van der Waals surface area contributed by atoms with Crippen molar-refractivity contribution in [1.82, 2.24) is 0 Å². The third-order valence-electron chi connectivity index (χ3n) is 3.17. The van der Waals surface area contributed by atoms with Gasteiger partial charge in [-0.2, -0.15) is 0 Å². The lowest BCUT2D eigenvalue weighted by molar-refractivity contribution is 0.0319. The molecule has 124 valence electrons. The third kappa shape index (κ3) is 4.39. The van der Waals surface area contributed by atoms with E-state index in [0.29, 0.717) is 5.69 Å². The Balaban J connectivity index is 2.01. The summed E-state index contributed by atoms with van der Waals surface area (Å²) in [5.41, 5.74) is 5.87. The molecule has 0 fully saturated rings. The number of anilines is 1. The Hall–Kier alpha value is -3.22. The maximum Gasteiger partial charge on any atom is 0.338 e. The van der Waals surface area contributed by atoms with Gasteiger partial charge >= 0.3 is 12.0 Å². The van der Waals surface area contributed by atoms with Crippen molar-refractivity contribution in [3.63, 3.8) is 0 Å². The lowest BCUT2D eigenvalue weighted by Gasteiger charge is -2.12. The number of amides is 2. The molecule has 0 aliphatic rings. The predicted molar refractivity (Wildman–Crippen MR) is 85.3 cm³/mol. The quantitative estimate of drug-likeness (QED) is 0.650. The lowest BCUT2D eigenvalue weighted by Crippen LogP contribution is -2.24. The first-order valence-electron chi connectivity index (χ1n) is 7.04. The van der Waals surface area contributed by atoms with Gasteiger partial charge in [0.15, 0.2) is 6.10 Å². The van der Waals surface area contributed by atoms with Gasteiger partial charge in [0.2, 0.25) is 5.78 Å². The van der Waals surface area contributed by atoms with Crippen LogP contribution in [0.15, 0.2) is 48.5 Å². The smallest absolute Gasteiger partial charge is 0.338 e. The number of esters is 1. The predicted octanol–water partition coefficient (Wildman–Crippen LogP) is 2.74. The van der Waals surface area contributed by atoms with Crippen LogP contribution in [0, 0.1) is 5.82 Å². The molecule has 0 aliphatic heterocycles. The SMILES string of the molecule is CC(OC(=O)c1ccc(NC(N)=O)cc1)C(=O)c1ccc(F)cc1. The van der Waals surface area contributed by atoms with Crippen LogP contribution in [-0.4, -0.2) is 23.9 Å². The van der Waals surface area contributed by atoms with E-state index >= 15 is 0 Å². The molecule has 3 N–H and O–H groups in total. The van der Waals surface area contributed by atoms with Gasteiger partial charge in [0.25, 0.3) is 0 Å². The largest absolute Gasteiger partial charge is 0.451 e. The molecule has 2 aromatic carbocycles. The highest BCUT2D eigenvalue weighted by molar-refractivity contribution is 6.01. The van der Waals surface area contributed by atoms with Gasteiger partial charge in [-0.25, -0.2) is 14.0 Å². The molecule has 0 bridgehead atoms. The van der Waals surface area contributed by atoms with Gasteiger partial charge in [0, 0.05) is 11.3 Å². The molecule has 2 rings (SSSR count). The molecule has 0 aromatic heterocycles. The number of hydrogen-bond donors (Lipinski definition) is 2. The van der Waals surface area contributed by atoms with Crippen LogP contribution >= 0.6 is 0 Å². The highest BCUT2D eigenvalue weighted by atomic mass is 19.1. The average molecular weight is 330 g/mol. The molecule has 0 spiro atoms. The van der Waals surface area contributed by atoms with Crippen LogP contribution in [0.25, 0.3) is 0 Å². The van der Waals surface area contributed by atoms with Gasteiger partial charge in [0.05, 0.1) is 5.56 Å². The molecule has 0 saturated carbocycles. The summed E-state index contributed by atoms with van der Waals surface area (Å²) in [4.78, 5) is 34.9.